The summed E-state index contributed by atoms with van der Waals surface area (Å²) in [6, 6.07) is 8.69. The van der Waals surface area contributed by atoms with Crippen LogP contribution in [0.2, 0.25) is 0 Å². The van der Waals surface area contributed by atoms with E-state index in [0.717, 1.165) is 18.8 Å². The zero-order valence-corrected chi connectivity index (χ0v) is 11.7. The van der Waals surface area contributed by atoms with E-state index in [4.69, 9.17) is 0 Å². The molecule has 0 amide bonds. The Morgan fingerprint density at radius 3 is 2.61 bits per heavy atom. The zero-order valence-electron chi connectivity index (χ0n) is 11.7. The van der Waals surface area contributed by atoms with E-state index in [1.807, 2.05) is 0 Å². The Labute approximate surface area is 111 Å². The summed E-state index contributed by atoms with van der Waals surface area (Å²) in [5.41, 5.74) is 2.66. The van der Waals surface area contributed by atoms with Gasteiger partial charge in [0, 0.05) is 0 Å². The van der Waals surface area contributed by atoms with Gasteiger partial charge in [-0.2, -0.15) is 0 Å². The second-order valence-corrected chi connectivity index (χ2v) is 6.12. The van der Waals surface area contributed by atoms with E-state index in [1.54, 1.807) is 0 Å². The van der Waals surface area contributed by atoms with E-state index in [-0.39, 0.29) is 6.10 Å². The maximum absolute atomic E-state index is 10.3. The summed E-state index contributed by atoms with van der Waals surface area (Å²) < 4.78 is 0. The molecule has 2 rings (SSSR count). The molecule has 1 nitrogen and oxygen atoms in total. The summed E-state index contributed by atoms with van der Waals surface area (Å²) in [5, 5.41) is 10.3. The van der Waals surface area contributed by atoms with Crippen molar-refractivity contribution in [3.63, 3.8) is 0 Å². The van der Waals surface area contributed by atoms with Crippen LogP contribution in [-0.2, 0) is 6.42 Å². The van der Waals surface area contributed by atoms with E-state index in [2.05, 4.69) is 38.1 Å². The number of aliphatic hydroxyl groups is 1. The molecule has 1 aliphatic carbocycles. The Bertz CT molecular complexity index is 354. The highest BCUT2D eigenvalue weighted by Crippen LogP contribution is 2.32. The first kappa shape index (κ1) is 13.6. The van der Waals surface area contributed by atoms with Crippen molar-refractivity contribution < 1.29 is 5.11 Å². The Morgan fingerprint density at radius 2 is 1.94 bits per heavy atom. The van der Waals surface area contributed by atoms with E-state index >= 15 is 0 Å². The molecule has 1 N–H and O–H groups in total. The lowest BCUT2D eigenvalue weighted by Crippen LogP contribution is -2.26. The third kappa shape index (κ3) is 3.84. The minimum Gasteiger partial charge on any atom is -0.393 e. The molecule has 0 radical (unpaired) electrons. The van der Waals surface area contributed by atoms with Gasteiger partial charge in [0.25, 0.3) is 0 Å². The predicted molar refractivity (Wildman–Crippen MR) is 76.6 cm³/mol. The van der Waals surface area contributed by atoms with Crippen molar-refractivity contribution >= 4 is 0 Å². The molecule has 0 spiro atoms. The van der Waals surface area contributed by atoms with Crippen LogP contribution in [0.5, 0.6) is 0 Å². The maximum atomic E-state index is 10.3. The number of aliphatic hydroxyl groups excluding tert-OH is 1. The molecule has 0 bridgehead atoms. The summed E-state index contributed by atoms with van der Waals surface area (Å²) in [4.78, 5) is 0. The van der Waals surface area contributed by atoms with Gasteiger partial charge in [-0.05, 0) is 50.0 Å². The predicted octanol–water partition coefficient (Wildman–Crippen LogP) is 4.11. The zero-order chi connectivity index (χ0) is 13.0. The van der Waals surface area contributed by atoms with E-state index < -0.39 is 0 Å². The molecule has 100 valence electrons. The molecule has 0 aromatic heterocycles. The van der Waals surface area contributed by atoms with Crippen molar-refractivity contribution in [2.45, 2.75) is 58.5 Å². The third-order valence-corrected chi connectivity index (χ3v) is 4.37. The topological polar surface area (TPSA) is 20.2 Å². The first-order chi connectivity index (χ1) is 8.65. The number of aryl methyl sites for hydroxylation is 2. The molecule has 1 aromatic rings. The Kier molecular flexibility index (Phi) is 4.82. The number of benzene rings is 1. The molecule has 18 heavy (non-hydrogen) atoms. The molecular formula is C17H26O. The molecule has 0 aliphatic heterocycles. The van der Waals surface area contributed by atoms with Crippen molar-refractivity contribution in [3.8, 4) is 0 Å². The molecule has 1 fully saturated rings. The Hall–Kier alpha value is -0.820. The van der Waals surface area contributed by atoms with Gasteiger partial charge < -0.3 is 5.11 Å². The molecule has 3 atom stereocenters. The fourth-order valence-electron chi connectivity index (χ4n) is 3.14. The normalized spacial score (nSPS) is 25.9. The van der Waals surface area contributed by atoms with Gasteiger partial charge in [-0.15, -0.1) is 0 Å². The van der Waals surface area contributed by atoms with Gasteiger partial charge in [0.1, 0.15) is 0 Å². The summed E-state index contributed by atoms with van der Waals surface area (Å²) >= 11 is 0. The third-order valence-electron chi connectivity index (χ3n) is 4.37. The molecule has 1 heteroatoms. The van der Waals surface area contributed by atoms with E-state index in [9.17, 15) is 5.11 Å². The largest absolute Gasteiger partial charge is 0.393 e. The molecule has 1 aliphatic rings. The highest BCUT2D eigenvalue weighted by Gasteiger charge is 2.24. The van der Waals surface area contributed by atoms with Gasteiger partial charge in [-0.25, -0.2) is 0 Å². The van der Waals surface area contributed by atoms with Crippen LogP contribution in [0.25, 0.3) is 0 Å². The second kappa shape index (κ2) is 6.38. The fraction of sp³-hybridized carbons (Fsp3) is 0.647. The number of hydrogen-bond donors (Lipinski definition) is 1. The minimum absolute atomic E-state index is 0.103. The monoisotopic (exact) mass is 246 g/mol. The molecule has 1 saturated carbocycles. The van der Waals surface area contributed by atoms with Crippen molar-refractivity contribution in [2.24, 2.45) is 11.8 Å². The number of rotatable bonds is 4. The van der Waals surface area contributed by atoms with Crippen LogP contribution in [0.15, 0.2) is 24.3 Å². The fourth-order valence-corrected chi connectivity index (χ4v) is 3.14. The lowest BCUT2D eigenvalue weighted by molar-refractivity contribution is 0.0651. The van der Waals surface area contributed by atoms with Crippen LogP contribution < -0.4 is 0 Å². The van der Waals surface area contributed by atoms with Gasteiger partial charge in [-0.3, -0.25) is 0 Å². The van der Waals surface area contributed by atoms with Gasteiger partial charge >= 0.3 is 0 Å². The highest BCUT2D eigenvalue weighted by molar-refractivity contribution is 5.21. The SMILES string of the molecule is Cc1ccc(CCC(O)C2CCCC(C)C2)cc1. The molecule has 3 unspecified atom stereocenters. The standard InChI is InChI=1S/C17H26O/c1-13-6-8-15(9-7-13)10-11-17(18)16-5-3-4-14(2)12-16/h6-9,14,16-18H,3-5,10-12H2,1-2H3. The molecule has 1 aromatic carbocycles. The Morgan fingerprint density at radius 1 is 1.22 bits per heavy atom. The average molecular weight is 246 g/mol. The maximum Gasteiger partial charge on any atom is 0.0571 e. The lowest BCUT2D eigenvalue weighted by atomic mass is 9.78. The van der Waals surface area contributed by atoms with Crippen molar-refractivity contribution in [2.75, 3.05) is 0 Å². The summed E-state index contributed by atoms with van der Waals surface area (Å²) in [6.45, 7) is 4.43. The van der Waals surface area contributed by atoms with Crippen LogP contribution in [0.3, 0.4) is 0 Å². The van der Waals surface area contributed by atoms with Gasteiger partial charge in [-0.1, -0.05) is 49.6 Å². The van der Waals surface area contributed by atoms with Crippen molar-refractivity contribution in [1.29, 1.82) is 0 Å². The van der Waals surface area contributed by atoms with Crippen LogP contribution in [0, 0.1) is 18.8 Å². The summed E-state index contributed by atoms with van der Waals surface area (Å²) in [7, 11) is 0. The lowest BCUT2D eigenvalue weighted by Gasteiger charge is -2.30. The first-order valence-corrected chi connectivity index (χ1v) is 7.39. The quantitative estimate of drug-likeness (QED) is 0.847. The van der Waals surface area contributed by atoms with Crippen LogP contribution >= 0.6 is 0 Å². The van der Waals surface area contributed by atoms with Gasteiger partial charge in [0.05, 0.1) is 6.10 Å². The summed E-state index contributed by atoms with van der Waals surface area (Å²) in [6.07, 6.45) is 6.91. The minimum atomic E-state index is -0.103. The van der Waals surface area contributed by atoms with Crippen molar-refractivity contribution in [1.82, 2.24) is 0 Å². The summed E-state index contributed by atoms with van der Waals surface area (Å²) in [5.74, 6) is 1.34. The van der Waals surface area contributed by atoms with Gasteiger partial charge in [0.2, 0.25) is 0 Å². The van der Waals surface area contributed by atoms with E-state index in [0.29, 0.717) is 5.92 Å². The molecule has 0 heterocycles. The van der Waals surface area contributed by atoms with Crippen LogP contribution in [0.4, 0.5) is 0 Å². The number of hydrogen-bond acceptors (Lipinski definition) is 1. The molecule has 0 saturated heterocycles. The average Bonchev–Trinajstić information content (AvgIpc) is 2.38. The smallest absolute Gasteiger partial charge is 0.0571 e. The van der Waals surface area contributed by atoms with E-state index in [1.165, 1.54) is 36.8 Å². The highest BCUT2D eigenvalue weighted by atomic mass is 16.3. The second-order valence-electron chi connectivity index (χ2n) is 6.12. The van der Waals surface area contributed by atoms with Gasteiger partial charge in [0.15, 0.2) is 0 Å². The Balaban J connectivity index is 1.80. The van der Waals surface area contributed by atoms with Crippen LogP contribution in [-0.4, -0.2) is 11.2 Å². The van der Waals surface area contributed by atoms with Crippen molar-refractivity contribution in [3.05, 3.63) is 35.4 Å². The molecular weight excluding hydrogens is 220 g/mol. The van der Waals surface area contributed by atoms with Crippen LogP contribution in [0.1, 0.15) is 50.2 Å². The first-order valence-electron chi connectivity index (χ1n) is 7.39.